The highest BCUT2D eigenvalue weighted by Gasteiger charge is 2.16. The van der Waals surface area contributed by atoms with Crippen molar-refractivity contribution in [3.8, 4) is 11.5 Å². The first-order valence-electron chi connectivity index (χ1n) is 8.70. The van der Waals surface area contributed by atoms with Gasteiger partial charge in [0.15, 0.2) is 6.10 Å². The van der Waals surface area contributed by atoms with Crippen LogP contribution in [0.3, 0.4) is 0 Å². The zero-order valence-electron chi connectivity index (χ0n) is 15.4. The van der Waals surface area contributed by atoms with E-state index >= 15 is 0 Å². The fourth-order valence-corrected chi connectivity index (χ4v) is 2.43. The van der Waals surface area contributed by atoms with Crippen molar-refractivity contribution in [3.63, 3.8) is 0 Å². The van der Waals surface area contributed by atoms with E-state index in [-0.39, 0.29) is 5.91 Å². The van der Waals surface area contributed by atoms with Gasteiger partial charge in [0, 0.05) is 0 Å². The van der Waals surface area contributed by atoms with E-state index in [4.69, 9.17) is 9.47 Å². The normalized spacial score (nSPS) is 11.9. The maximum Gasteiger partial charge on any atom is 0.260 e. The summed E-state index contributed by atoms with van der Waals surface area (Å²) in [4.78, 5) is 12.2. The van der Waals surface area contributed by atoms with Gasteiger partial charge in [-0.05, 0) is 43.5 Å². The largest absolute Gasteiger partial charge is 0.492 e. The highest BCUT2D eigenvalue weighted by Crippen LogP contribution is 2.26. The molecule has 134 valence electrons. The number of hydrogen-bond donors (Lipinski definition) is 1. The van der Waals surface area contributed by atoms with Crippen molar-refractivity contribution in [1.82, 2.24) is 5.32 Å². The lowest BCUT2D eigenvalue weighted by Crippen LogP contribution is -2.38. The molecule has 25 heavy (non-hydrogen) atoms. The lowest BCUT2D eigenvalue weighted by molar-refractivity contribution is -0.127. The summed E-state index contributed by atoms with van der Waals surface area (Å²) in [6.45, 7) is 8.86. The molecule has 0 unspecified atom stereocenters. The molecular weight excluding hydrogens is 314 g/mol. The Balaban J connectivity index is 1.78. The van der Waals surface area contributed by atoms with E-state index in [1.807, 2.05) is 55.5 Å². The van der Waals surface area contributed by atoms with Gasteiger partial charge >= 0.3 is 0 Å². The van der Waals surface area contributed by atoms with Gasteiger partial charge in [0.05, 0.1) is 6.54 Å². The minimum Gasteiger partial charge on any atom is -0.492 e. The standard InChI is InChI=1S/C21H27NO3/c1-15(2)19-7-5-6-8-20(19)25-17(4)21(23)22-13-14-24-18-11-9-16(3)10-12-18/h5-12,15,17H,13-14H2,1-4H3,(H,22,23)/t17-/m0/s1. The number of aryl methyl sites for hydroxylation is 1. The summed E-state index contributed by atoms with van der Waals surface area (Å²) < 4.78 is 11.4. The molecule has 0 spiro atoms. The number of ether oxygens (including phenoxy) is 2. The van der Waals surface area contributed by atoms with E-state index in [9.17, 15) is 4.79 Å². The van der Waals surface area contributed by atoms with Crippen LogP contribution < -0.4 is 14.8 Å². The molecule has 2 aromatic rings. The molecule has 0 saturated carbocycles. The molecule has 0 heterocycles. The number of rotatable bonds is 8. The molecule has 1 N–H and O–H groups in total. The van der Waals surface area contributed by atoms with Crippen molar-refractivity contribution < 1.29 is 14.3 Å². The van der Waals surface area contributed by atoms with Crippen LogP contribution in [0.15, 0.2) is 48.5 Å². The van der Waals surface area contributed by atoms with E-state index in [1.165, 1.54) is 5.56 Å². The Morgan fingerprint density at radius 3 is 2.40 bits per heavy atom. The third-order valence-corrected chi connectivity index (χ3v) is 3.90. The van der Waals surface area contributed by atoms with E-state index in [0.29, 0.717) is 19.1 Å². The topological polar surface area (TPSA) is 47.6 Å². The van der Waals surface area contributed by atoms with Crippen molar-refractivity contribution in [2.24, 2.45) is 0 Å². The molecule has 1 atom stereocenters. The van der Waals surface area contributed by atoms with Crippen molar-refractivity contribution in [3.05, 3.63) is 59.7 Å². The van der Waals surface area contributed by atoms with Crippen LogP contribution >= 0.6 is 0 Å². The van der Waals surface area contributed by atoms with Crippen molar-refractivity contribution in [1.29, 1.82) is 0 Å². The Labute approximate surface area is 150 Å². The van der Waals surface area contributed by atoms with Crippen LogP contribution in [0.25, 0.3) is 0 Å². The average molecular weight is 341 g/mol. The van der Waals surface area contributed by atoms with Crippen molar-refractivity contribution in [2.75, 3.05) is 13.2 Å². The maximum absolute atomic E-state index is 12.2. The summed E-state index contributed by atoms with van der Waals surface area (Å²) in [5.41, 5.74) is 2.29. The zero-order chi connectivity index (χ0) is 18.2. The molecule has 0 aliphatic heterocycles. The Morgan fingerprint density at radius 1 is 1.04 bits per heavy atom. The minimum absolute atomic E-state index is 0.147. The molecule has 2 rings (SSSR count). The Hall–Kier alpha value is -2.49. The van der Waals surface area contributed by atoms with Crippen LogP contribution in [0.5, 0.6) is 11.5 Å². The molecule has 4 nitrogen and oxygen atoms in total. The van der Waals surface area contributed by atoms with Gasteiger partial charge in [-0.25, -0.2) is 0 Å². The summed E-state index contributed by atoms with van der Waals surface area (Å²) in [5, 5.41) is 2.84. The van der Waals surface area contributed by atoms with Gasteiger partial charge in [-0.1, -0.05) is 49.7 Å². The van der Waals surface area contributed by atoms with Crippen LogP contribution in [0, 0.1) is 6.92 Å². The molecule has 0 aromatic heterocycles. The quantitative estimate of drug-likeness (QED) is 0.736. The van der Waals surface area contributed by atoms with E-state index in [1.54, 1.807) is 6.92 Å². The third-order valence-electron chi connectivity index (χ3n) is 3.90. The third kappa shape index (κ3) is 5.82. The van der Waals surface area contributed by atoms with E-state index in [2.05, 4.69) is 19.2 Å². The fourth-order valence-electron chi connectivity index (χ4n) is 2.43. The number of amides is 1. The van der Waals surface area contributed by atoms with Gasteiger partial charge in [-0.2, -0.15) is 0 Å². The van der Waals surface area contributed by atoms with Gasteiger partial charge in [0.2, 0.25) is 0 Å². The number of para-hydroxylation sites is 1. The smallest absolute Gasteiger partial charge is 0.260 e. The van der Waals surface area contributed by atoms with Gasteiger partial charge in [-0.15, -0.1) is 0 Å². The van der Waals surface area contributed by atoms with Gasteiger partial charge < -0.3 is 14.8 Å². The van der Waals surface area contributed by atoms with Gasteiger partial charge in [0.1, 0.15) is 18.1 Å². The molecule has 0 aliphatic rings. The van der Waals surface area contributed by atoms with E-state index in [0.717, 1.165) is 17.1 Å². The SMILES string of the molecule is Cc1ccc(OCCNC(=O)[C@H](C)Oc2ccccc2C(C)C)cc1. The molecule has 1 amide bonds. The Bertz CT molecular complexity index is 680. The number of nitrogens with one attached hydrogen (secondary N) is 1. The summed E-state index contributed by atoms with van der Waals surface area (Å²) in [6.07, 6.45) is -0.556. The lowest BCUT2D eigenvalue weighted by Gasteiger charge is -2.18. The highest BCUT2D eigenvalue weighted by molar-refractivity contribution is 5.80. The Kier molecular flexibility index (Phi) is 6.87. The molecule has 2 aromatic carbocycles. The van der Waals surface area contributed by atoms with Crippen LogP contribution in [0.2, 0.25) is 0 Å². The molecule has 0 bridgehead atoms. The number of hydrogen-bond acceptors (Lipinski definition) is 3. The first kappa shape index (κ1) is 18.8. The summed E-state index contributed by atoms with van der Waals surface area (Å²) in [5.74, 6) is 1.76. The summed E-state index contributed by atoms with van der Waals surface area (Å²) >= 11 is 0. The van der Waals surface area contributed by atoms with Crippen LogP contribution in [0.1, 0.15) is 37.8 Å². The second-order valence-corrected chi connectivity index (χ2v) is 6.41. The molecule has 4 heteroatoms. The first-order chi connectivity index (χ1) is 12.0. The van der Waals surface area contributed by atoms with Crippen LogP contribution in [-0.4, -0.2) is 25.2 Å². The van der Waals surface area contributed by atoms with E-state index < -0.39 is 6.10 Å². The number of benzene rings is 2. The molecule has 0 aliphatic carbocycles. The highest BCUT2D eigenvalue weighted by atomic mass is 16.5. The average Bonchev–Trinajstić information content (AvgIpc) is 2.60. The van der Waals surface area contributed by atoms with Gasteiger partial charge in [-0.3, -0.25) is 4.79 Å². The number of carbonyl (C=O) groups is 1. The second-order valence-electron chi connectivity index (χ2n) is 6.41. The minimum atomic E-state index is -0.556. The summed E-state index contributed by atoms with van der Waals surface area (Å²) in [7, 11) is 0. The molecule has 0 radical (unpaired) electrons. The molecule has 0 fully saturated rings. The molecule has 0 saturated heterocycles. The maximum atomic E-state index is 12.2. The first-order valence-corrected chi connectivity index (χ1v) is 8.70. The lowest BCUT2D eigenvalue weighted by atomic mass is 10.0. The van der Waals surface area contributed by atoms with Crippen LogP contribution in [-0.2, 0) is 4.79 Å². The van der Waals surface area contributed by atoms with Crippen molar-refractivity contribution >= 4 is 5.91 Å². The summed E-state index contributed by atoms with van der Waals surface area (Å²) in [6, 6.07) is 15.7. The zero-order valence-corrected chi connectivity index (χ0v) is 15.4. The van der Waals surface area contributed by atoms with Crippen molar-refractivity contribution in [2.45, 2.75) is 39.7 Å². The Morgan fingerprint density at radius 2 is 1.72 bits per heavy atom. The van der Waals surface area contributed by atoms with Gasteiger partial charge in [0.25, 0.3) is 5.91 Å². The predicted molar refractivity (Wildman–Crippen MR) is 100 cm³/mol. The predicted octanol–water partition coefficient (Wildman–Crippen LogP) is 4.08. The molecular formula is C21H27NO3. The monoisotopic (exact) mass is 341 g/mol. The van der Waals surface area contributed by atoms with Crippen LogP contribution in [0.4, 0.5) is 0 Å². The number of carbonyl (C=O) groups excluding carboxylic acids is 1. The second kappa shape index (κ2) is 9.11. The fraction of sp³-hybridized carbons (Fsp3) is 0.381.